The van der Waals surface area contributed by atoms with Gasteiger partial charge in [0, 0.05) is 17.5 Å². The number of rotatable bonds is 7. The lowest BCUT2D eigenvalue weighted by Crippen LogP contribution is -2.36. The van der Waals surface area contributed by atoms with Crippen molar-refractivity contribution >= 4 is 46.5 Å². The third-order valence-corrected chi connectivity index (χ3v) is 4.67. The number of nitrogens with two attached hydrogens (primary N) is 1. The van der Waals surface area contributed by atoms with Crippen LogP contribution in [0.2, 0.25) is 0 Å². The minimum atomic E-state index is -0.875. The van der Waals surface area contributed by atoms with Gasteiger partial charge in [-0.05, 0) is 36.1 Å². The summed E-state index contributed by atoms with van der Waals surface area (Å²) in [4.78, 5) is 16.8. The van der Waals surface area contributed by atoms with Crippen molar-refractivity contribution < 1.29 is 13.6 Å². The lowest BCUT2D eigenvalue weighted by molar-refractivity contribution is -0.117. The van der Waals surface area contributed by atoms with Crippen molar-refractivity contribution in [3.63, 3.8) is 0 Å². The lowest BCUT2D eigenvalue weighted by atomic mass is 10.1. The minimum absolute atomic E-state index is 0. The molecule has 3 N–H and O–H groups in total. The van der Waals surface area contributed by atoms with E-state index in [2.05, 4.69) is 10.3 Å². The Morgan fingerprint density at radius 2 is 2.17 bits per heavy atom. The number of carbonyl (C=O) groups excluding carboxylic acids is 1. The second-order valence-corrected chi connectivity index (χ2v) is 7.03. The van der Waals surface area contributed by atoms with E-state index in [4.69, 9.17) is 5.73 Å². The van der Waals surface area contributed by atoms with Gasteiger partial charge in [-0.1, -0.05) is 6.07 Å². The van der Waals surface area contributed by atoms with E-state index in [0.29, 0.717) is 23.5 Å². The molecule has 0 spiro atoms. The summed E-state index contributed by atoms with van der Waals surface area (Å²) in [7, 11) is 0. The molecule has 0 saturated carbocycles. The molecule has 2 rings (SSSR count). The number of hydrogen-bond donors (Lipinski definition) is 2. The van der Waals surface area contributed by atoms with Crippen molar-refractivity contribution in [2.24, 2.45) is 5.73 Å². The summed E-state index contributed by atoms with van der Waals surface area (Å²) < 4.78 is 26.1. The molecule has 0 fully saturated rings. The van der Waals surface area contributed by atoms with Crippen LogP contribution in [0.15, 0.2) is 24.4 Å². The van der Waals surface area contributed by atoms with Gasteiger partial charge in [-0.25, -0.2) is 13.8 Å². The van der Waals surface area contributed by atoms with Crippen LogP contribution in [0.4, 0.5) is 13.9 Å². The first-order valence-corrected chi connectivity index (χ1v) is 9.14. The largest absolute Gasteiger partial charge is 0.320 e. The molecule has 0 bridgehead atoms. The van der Waals surface area contributed by atoms with Crippen molar-refractivity contribution in [2.45, 2.75) is 18.9 Å². The zero-order valence-corrected chi connectivity index (χ0v) is 15.4. The fourth-order valence-electron chi connectivity index (χ4n) is 1.87. The van der Waals surface area contributed by atoms with Crippen molar-refractivity contribution in [1.29, 1.82) is 0 Å². The third-order valence-electron chi connectivity index (χ3n) is 3.12. The van der Waals surface area contributed by atoms with Crippen LogP contribution in [0.5, 0.6) is 0 Å². The maximum atomic E-state index is 13.2. The molecule has 0 saturated heterocycles. The normalized spacial score (nSPS) is 11.7. The molecule has 1 aromatic heterocycles. The number of carbonyl (C=O) groups is 1. The number of nitrogens with zero attached hydrogens (tertiary/aromatic N) is 1. The van der Waals surface area contributed by atoms with Gasteiger partial charge in [-0.15, -0.1) is 23.7 Å². The Bertz CT molecular complexity index is 684. The van der Waals surface area contributed by atoms with Gasteiger partial charge in [0.25, 0.3) is 0 Å². The van der Waals surface area contributed by atoms with E-state index in [1.807, 2.05) is 6.26 Å². The zero-order chi connectivity index (χ0) is 16.8. The van der Waals surface area contributed by atoms with Gasteiger partial charge in [-0.2, -0.15) is 11.8 Å². The molecule has 4 nitrogen and oxygen atoms in total. The quantitative estimate of drug-likeness (QED) is 0.756. The van der Waals surface area contributed by atoms with E-state index < -0.39 is 17.7 Å². The predicted octanol–water partition coefficient (Wildman–Crippen LogP) is 3.45. The number of benzene rings is 1. The lowest BCUT2D eigenvalue weighted by Gasteiger charge is -2.09. The number of amides is 1. The van der Waals surface area contributed by atoms with E-state index in [1.165, 1.54) is 17.4 Å². The number of anilines is 1. The SMILES string of the molecule is CSCC[C@H](N)C(=O)Nc1ncc(Cc2ccc(F)c(F)c2)s1.Cl. The molecule has 1 atom stereocenters. The molecule has 1 heterocycles. The van der Waals surface area contributed by atoms with Crippen LogP contribution in [0.3, 0.4) is 0 Å². The fourth-order valence-corrected chi connectivity index (χ4v) is 3.21. The molecule has 0 aliphatic carbocycles. The van der Waals surface area contributed by atoms with Gasteiger partial charge in [-0.3, -0.25) is 4.79 Å². The number of thioether (sulfide) groups is 1. The monoisotopic (exact) mass is 393 g/mol. The average molecular weight is 394 g/mol. The second kappa shape index (κ2) is 9.93. The standard InChI is InChI=1S/C15H17F2N3OS2.ClH/c1-22-5-4-13(18)14(21)20-15-19-8-10(23-15)6-9-2-3-11(16)12(17)7-9;/h2-3,7-8,13H,4-6,18H2,1H3,(H,19,20,21);1H/t13-;/m0./s1. The summed E-state index contributed by atoms with van der Waals surface area (Å²) in [5.41, 5.74) is 6.43. The minimum Gasteiger partial charge on any atom is -0.320 e. The molecule has 24 heavy (non-hydrogen) atoms. The highest BCUT2D eigenvalue weighted by Gasteiger charge is 2.15. The molecule has 1 amide bonds. The Kier molecular flexibility index (Phi) is 8.61. The van der Waals surface area contributed by atoms with E-state index in [-0.39, 0.29) is 18.3 Å². The number of thiazole rings is 1. The summed E-state index contributed by atoms with van der Waals surface area (Å²) in [6.07, 6.45) is 4.58. The summed E-state index contributed by atoms with van der Waals surface area (Å²) in [6, 6.07) is 3.21. The van der Waals surface area contributed by atoms with Crippen LogP contribution in [0.25, 0.3) is 0 Å². The highest BCUT2D eigenvalue weighted by Crippen LogP contribution is 2.22. The van der Waals surface area contributed by atoms with Gasteiger partial charge in [0.05, 0.1) is 6.04 Å². The number of hydrogen-bond acceptors (Lipinski definition) is 5. The average Bonchev–Trinajstić information content (AvgIpc) is 2.95. The highest BCUT2D eigenvalue weighted by molar-refractivity contribution is 7.98. The van der Waals surface area contributed by atoms with E-state index in [1.54, 1.807) is 18.0 Å². The molecule has 0 radical (unpaired) electrons. The van der Waals surface area contributed by atoms with Gasteiger partial charge >= 0.3 is 0 Å². The molecule has 0 unspecified atom stereocenters. The van der Waals surface area contributed by atoms with Gasteiger partial charge in [0.15, 0.2) is 16.8 Å². The molecule has 0 aliphatic heterocycles. The summed E-state index contributed by atoms with van der Waals surface area (Å²) in [5.74, 6) is -1.20. The van der Waals surface area contributed by atoms with Crippen molar-refractivity contribution in [1.82, 2.24) is 4.98 Å². The van der Waals surface area contributed by atoms with E-state index in [9.17, 15) is 13.6 Å². The van der Waals surface area contributed by atoms with Gasteiger partial charge < -0.3 is 11.1 Å². The highest BCUT2D eigenvalue weighted by atomic mass is 35.5. The Morgan fingerprint density at radius 1 is 1.42 bits per heavy atom. The first-order valence-electron chi connectivity index (χ1n) is 6.93. The van der Waals surface area contributed by atoms with Crippen LogP contribution < -0.4 is 11.1 Å². The maximum absolute atomic E-state index is 13.2. The molecular formula is C15H18ClF2N3OS2. The van der Waals surface area contributed by atoms with Crippen molar-refractivity contribution in [2.75, 3.05) is 17.3 Å². The predicted molar refractivity (Wildman–Crippen MR) is 98.1 cm³/mol. The number of halogens is 3. The van der Waals surface area contributed by atoms with Crippen LogP contribution in [-0.2, 0) is 11.2 Å². The van der Waals surface area contributed by atoms with E-state index >= 15 is 0 Å². The number of nitrogens with one attached hydrogen (secondary N) is 1. The smallest absolute Gasteiger partial charge is 0.243 e. The fraction of sp³-hybridized carbons (Fsp3) is 0.333. The topological polar surface area (TPSA) is 68.0 Å². The zero-order valence-electron chi connectivity index (χ0n) is 12.9. The van der Waals surface area contributed by atoms with Crippen molar-refractivity contribution in [3.05, 3.63) is 46.5 Å². The van der Waals surface area contributed by atoms with Crippen LogP contribution in [-0.4, -0.2) is 28.9 Å². The molecule has 132 valence electrons. The molecular weight excluding hydrogens is 376 g/mol. The van der Waals surface area contributed by atoms with Crippen molar-refractivity contribution in [3.8, 4) is 0 Å². The molecule has 0 aliphatic rings. The Hall–Kier alpha value is -1.22. The van der Waals surface area contributed by atoms with Crippen LogP contribution in [0.1, 0.15) is 16.9 Å². The first-order chi connectivity index (χ1) is 11.0. The third kappa shape index (κ3) is 6.01. The van der Waals surface area contributed by atoms with Crippen LogP contribution in [0, 0.1) is 11.6 Å². The molecule has 9 heteroatoms. The Labute approximate surface area is 153 Å². The Balaban J connectivity index is 0.00000288. The first kappa shape index (κ1) is 20.8. The molecule has 2 aromatic rings. The maximum Gasteiger partial charge on any atom is 0.243 e. The number of aromatic nitrogens is 1. The Morgan fingerprint density at radius 3 is 2.83 bits per heavy atom. The van der Waals surface area contributed by atoms with E-state index in [0.717, 1.165) is 22.8 Å². The second-order valence-electron chi connectivity index (χ2n) is 4.93. The van der Waals surface area contributed by atoms with Crippen LogP contribution >= 0.6 is 35.5 Å². The summed E-state index contributed by atoms with van der Waals surface area (Å²) in [5, 5.41) is 3.13. The van der Waals surface area contributed by atoms with Gasteiger partial charge in [0.2, 0.25) is 5.91 Å². The van der Waals surface area contributed by atoms with Gasteiger partial charge in [0.1, 0.15) is 0 Å². The summed E-state index contributed by atoms with van der Waals surface area (Å²) >= 11 is 2.92. The summed E-state index contributed by atoms with van der Waals surface area (Å²) in [6.45, 7) is 0. The molecule has 1 aromatic carbocycles.